The molecule has 1 fully saturated rings. The van der Waals surface area contributed by atoms with Crippen molar-refractivity contribution in [1.82, 2.24) is 24.6 Å². The van der Waals surface area contributed by atoms with Crippen molar-refractivity contribution in [2.75, 3.05) is 18.5 Å². The molecule has 0 saturated carbocycles. The first-order valence-corrected chi connectivity index (χ1v) is 14.4. The van der Waals surface area contributed by atoms with Crippen molar-refractivity contribution in [3.8, 4) is 17.0 Å². The summed E-state index contributed by atoms with van der Waals surface area (Å²) in [4.78, 5) is 4.64. The lowest BCUT2D eigenvalue weighted by atomic mass is 10.1. The van der Waals surface area contributed by atoms with Crippen LogP contribution in [0.2, 0.25) is 0 Å². The van der Waals surface area contributed by atoms with Gasteiger partial charge in [0.1, 0.15) is 5.75 Å². The van der Waals surface area contributed by atoms with Crippen LogP contribution in [0.15, 0.2) is 71.8 Å². The molecule has 200 valence electrons. The zero-order valence-electron chi connectivity index (χ0n) is 21.9. The number of rotatable bonds is 9. The second-order valence-electron chi connectivity index (χ2n) is 10.6. The first kappa shape index (κ1) is 26.1. The van der Waals surface area contributed by atoms with Gasteiger partial charge in [0.15, 0.2) is 0 Å². The number of ether oxygens (including phenoxy) is 1. The van der Waals surface area contributed by atoms with Gasteiger partial charge in [0.25, 0.3) is 0 Å². The molecule has 2 aromatic heterocycles. The topological polar surface area (TPSA) is 110 Å². The maximum absolute atomic E-state index is 12.9. The van der Waals surface area contributed by atoms with Crippen LogP contribution in [0, 0.1) is 0 Å². The number of fused-ring (bicyclic) bond motifs is 1. The number of nitrogens with one attached hydrogen (secondary N) is 3. The van der Waals surface area contributed by atoms with E-state index in [2.05, 4.69) is 25.4 Å². The second kappa shape index (κ2) is 10.7. The summed E-state index contributed by atoms with van der Waals surface area (Å²) in [6.07, 6.45) is 5.20. The van der Waals surface area contributed by atoms with E-state index in [0.717, 1.165) is 41.2 Å². The smallest absolute Gasteiger partial charge is 0.245 e. The average Bonchev–Trinajstić information content (AvgIpc) is 3.54. The van der Waals surface area contributed by atoms with Crippen LogP contribution in [0.3, 0.4) is 0 Å². The van der Waals surface area contributed by atoms with E-state index in [1.807, 2.05) is 63.2 Å². The maximum atomic E-state index is 12.9. The Balaban J connectivity index is 1.31. The highest BCUT2D eigenvalue weighted by atomic mass is 32.2. The number of hydrogen-bond donors (Lipinski definition) is 3. The Morgan fingerprint density at radius 1 is 1.11 bits per heavy atom. The van der Waals surface area contributed by atoms with Gasteiger partial charge in [-0.15, -0.1) is 5.10 Å². The van der Waals surface area contributed by atoms with Gasteiger partial charge in [0.05, 0.1) is 28.9 Å². The lowest BCUT2D eigenvalue weighted by Crippen LogP contribution is -2.40. The molecule has 0 aliphatic carbocycles. The van der Waals surface area contributed by atoms with Crippen molar-refractivity contribution < 1.29 is 13.2 Å². The van der Waals surface area contributed by atoms with Gasteiger partial charge in [-0.05, 0) is 95.1 Å². The van der Waals surface area contributed by atoms with Gasteiger partial charge in [0, 0.05) is 22.8 Å². The molecule has 1 aliphatic rings. The minimum atomic E-state index is -3.67. The largest absolute Gasteiger partial charge is 0.494 e. The lowest BCUT2D eigenvalue weighted by Gasteiger charge is -2.20. The minimum absolute atomic E-state index is 0.203. The molecule has 0 amide bonds. The predicted octanol–water partition coefficient (Wildman–Crippen LogP) is 4.74. The fraction of sp³-hybridized carbons (Fsp3) is 0.357. The van der Waals surface area contributed by atoms with E-state index in [9.17, 15) is 8.42 Å². The third-order valence-electron chi connectivity index (χ3n) is 6.29. The molecule has 0 radical (unpaired) electrons. The van der Waals surface area contributed by atoms with Crippen LogP contribution in [0.5, 0.6) is 5.75 Å². The molecule has 2 aromatic carbocycles. The van der Waals surface area contributed by atoms with E-state index >= 15 is 0 Å². The van der Waals surface area contributed by atoms with Gasteiger partial charge >= 0.3 is 0 Å². The summed E-state index contributed by atoms with van der Waals surface area (Å²) in [5, 5.41) is 11.4. The lowest BCUT2D eigenvalue weighted by molar-refractivity contribution is 0.292. The summed E-state index contributed by atoms with van der Waals surface area (Å²) >= 11 is 0. The fourth-order valence-corrected chi connectivity index (χ4v) is 6.01. The molecule has 4 aromatic rings. The van der Waals surface area contributed by atoms with E-state index in [1.54, 1.807) is 28.9 Å². The highest BCUT2D eigenvalue weighted by Gasteiger charge is 2.22. The Kier molecular flexibility index (Phi) is 7.38. The molecular weight excluding hydrogens is 500 g/mol. The van der Waals surface area contributed by atoms with Gasteiger partial charge in [-0.3, -0.25) is 0 Å². The molecule has 3 N–H and O–H groups in total. The van der Waals surface area contributed by atoms with Crippen LogP contribution in [0.4, 0.5) is 11.6 Å². The second-order valence-corrected chi connectivity index (χ2v) is 12.3. The molecule has 1 aliphatic heterocycles. The summed E-state index contributed by atoms with van der Waals surface area (Å²) in [7, 11) is -3.67. The molecule has 0 spiro atoms. The number of anilines is 2. The van der Waals surface area contributed by atoms with Crippen LogP contribution < -0.4 is 20.1 Å². The van der Waals surface area contributed by atoms with E-state index in [1.165, 1.54) is 12.8 Å². The zero-order valence-corrected chi connectivity index (χ0v) is 22.8. The molecule has 1 unspecified atom stereocenters. The van der Waals surface area contributed by atoms with Crippen LogP contribution in [-0.2, 0) is 10.0 Å². The van der Waals surface area contributed by atoms with Crippen molar-refractivity contribution >= 4 is 27.2 Å². The van der Waals surface area contributed by atoms with Crippen LogP contribution >= 0.6 is 0 Å². The van der Waals surface area contributed by atoms with Crippen molar-refractivity contribution in [1.29, 1.82) is 0 Å². The molecule has 38 heavy (non-hydrogen) atoms. The van der Waals surface area contributed by atoms with Gasteiger partial charge in [-0.1, -0.05) is 12.1 Å². The Hall–Kier alpha value is -3.47. The van der Waals surface area contributed by atoms with Crippen LogP contribution in [-0.4, -0.2) is 47.7 Å². The third kappa shape index (κ3) is 6.32. The van der Waals surface area contributed by atoms with Gasteiger partial charge < -0.3 is 15.4 Å². The molecule has 0 bridgehead atoms. The van der Waals surface area contributed by atoms with Gasteiger partial charge in [-0.2, -0.15) is 0 Å². The molecule has 9 nitrogen and oxygen atoms in total. The van der Waals surface area contributed by atoms with Gasteiger partial charge in [0.2, 0.25) is 16.0 Å². The fourth-order valence-electron chi connectivity index (χ4n) is 4.55. The Bertz CT molecular complexity index is 1500. The molecular formula is C28H34N6O3S. The highest BCUT2D eigenvalue weighted by molar-refractivity contribution is 7.89. The van der Waals surface area contributed by atoms with Crippen molar-refractivity contribution in [3.63, 3.8) is 0 Å². The Morgan fingerprint density at radius 2 is 1.92 bits per heavy atom. The quantitative estimate of drug-likeness (QED) is 0.285. The monoisotopic (exact) mass is 534 g/mol. The molecule has 3 heterocycles. The molecule has 1 atom stereocenters. The zero-order chi connectivity index (χ0) is 26.8. The van der Waals surface area contributed by atoms with Crippen molar-refractivity contribution in [2.24, 2.45) is 0 Å². The third-order valence-corrected chi connectivity index (χ3v) is 8.04. The first-order chi connectivity index (χ1) is 18.2. The average molecular weight is 535 g/mol. The number of aromatic nitrogens is 3. The van der Waals surface area contributed by atoms with E-state index in [0.29, 0.717) is 18.6 Å². The summed E-state index contributed by atoms with van der Waals surface area (Å²) in [5.41, 5.74) is 2.55. The normalized spacial score (nSPS) is 16.1. The van der Waals surface area contributed by atoms with Crippen molar-refractivity contribution in [2.45, 2.75) is 56.5 Å². The summed E-state index contributed by atoms with van der Waals surface area (Å²) in [6.45, 7) is 7.24. The number of nitrogens with zero attached hydrogens (tertiary/aromatic N) is 3. The summed E-state index contributed by atoms with van der Waals surface area (Å²) in [5.74, 6) is 1.25. The number of sulfonamides is 1. The molecule has 10 heteroatoms. The van der Waals surface area contributed by atoms with Crippen LogP contribution in [0.25, 0.3) is 16.8 Å². The summed E-state index contributed by atoms with van der Waals surface area (Å²) < 4.78 is 36.1. The SMILES string of the molecule is CC(C)(C)NS(=O)(=O)c1cccc(-c2ccc3cnc(Nc4ccc(OCCC5CCCN5)cc4)nn23)c1. The molecule has 5 rings (SSSR count). The Morgan fingerprint density at radius 3 is 2.66 bits per heavy atom. The van der Waals surface area contributed by atoms with E-state index in [4.69, 9.17) is 4.74 Å². The van der Waals surface area contributed by atoms with Crippen molar-refractivity contribution in [3.05, 3.63) is 66.9 Å². The molecule has 1 saturated heterocycles. The standard InChI is InChI=1S/C28H34N6O3S/c1-28(2,3)33-38(35,36)25-8-4-6-20(18-25)26-14-11-23-19-30-27(32-34(23)26)31-22-9-12-24(13-10-22)37-17-15-21-7-5-16-29-21/h4,6,8-14,18-19,21,29,33H,5,7,15-17H2,1-3H3,(H,31,32). The highest BCUT2D eigenvalue weighted by Crippen LogP contribution is 2.26. The Labute approximate surface area is 223 Å². The van der Waals surface area contributed by atoms with Crippen LogP contribution in [0.1, 0.15) is 40.0 Å². The summed E-state index contributed by atoms with van der Waals surface area (Å²) in [6, 6.07) is 19.0. The van der Waals surface area contributed by atoms with E-state index < -0.39 is 15.6 Å². The van der Waals surface area contributed by atoms with E-state index in [-0.39, 0.29) is 4.90 Å². The first-order valence-electron chi connectivity index (χ1n) is 12.9. The number of hydrogen-bond acceptors (Lipinski definition) is 7. The predicted molar refractivity (Wildman–Crippen MR) is 149 cm³/mol. The number of benzene rings is 2. The maximum Gasteiger partial charge on any atom is 0.245 e. The minimum Gasteiger partial charge on any atom is -0.494 e. The van der Waals surface area contributed by atoms with Gasteiger partial charge in [-0.25, -0.2) is 22.6 Å².